The summed E-state index contributed by atoms with van der Waals surface area (Å²) in [5.74, 6) is 0.852. The second-order valence-corrected chi connectivity index (χ2v) is 6.34. The molecular formula is C15H20N4O. The van der Waals surface area contributed by atoms with Gasteiger partial charge in [-0.15, -0.1) is 0 Å². The maximum absolute atomic E-state index is 12.2. The van der Waals surface area contributed by atoms with Gasteiger partial charge in [-0.3, -0.25) is 9.47 Å². The molecular weight excluding hydrogens is 252 g/mol. The Morgan fingerprint density at radius 2 is 2.20 bits per heavy atom. The number of nitrogens with one attached hydrogen (secondary N) is 1. The number of aromatic amines is 1. The molecule has 20 heavy (non-hydrogen) atoms. The van der Waals surface area contributed by atoms with E-state index in [2.05, 4.69) is 16.8 Å². The summed E-state index contributed by atoms with van der Waals surface area (Å²) in [6, 6.07) is 4.25. The molecule has 1 aliphatic carbocycles. The van der Waals surface area contributed by atoms with Gasteiger partial charge >= 0.3 is 5.69 Å². The Bertz CT molecular complexity index is 725. The standard InChI is InChI=1S/C15H20N4O/c1-9-6-19-14-11(8-18(9)7-10-2-3-10)4-12(16)5-13(14)17-15(19)20/h4-5,9-10H,2-3,6-8,16H2,1H3,(H,17,20). The zero-order chi connectivity index (χ0) is 13.9. The fourth-order valence-electron chi connectivity index (χ4n) is 3.34. The number of H-pyrrole nitrogens is 1. The van der Waals surface area contributed by atoms with E-state index >= 15 is 0 Å². The fourth-order valence-corrected chi connectivity index (χ4v) is 3.34. The van der Waals surface area contributed by atoms with Crippen LogP contribution in [0, 0.1) is 5.92 Å². The lowest BCUT2D eigenvalue weighted by Crippen LogP contribution is -2.37. The van der Waals surface area contributed by atoms with Crippen molar-refractivity contribution in [1.82, 2.24) is 14.5 Å². The molecule has 0 saturated heterocycles. The van der Waals surface area contributed by atoms with E-state index in [0.717, 1.165) is 42.3 Å². The number of nitrogen functional groups attached to an aromatic ring is 1. The third-order valence-electron chi connectivity index (χ3n) is 4.60. The molecule has 2 aromatic rings. The van der Waals surface area contributed by atoms with Gasteiger partial charge in [-0.05, 0) is 43.4 Å². The summed E-state index contributed by atoms with van der Waals surface area (Å²) in [6.07, 6.45) is 2.70. The van der Waals surface area contributed by atoms with Gasteiger partial charge in [0.05, 0.1) is 11.0 Å². The molecule has 106 valence electrons. The highest BCUT2D eigenvalue weighted by Gasteiger charge is 2.29. The minimum absolute atomic E-state index is 0.0213. The number of hydrogen-bond donors (Lipinski definition) is 2. The van der Waals surface area contributed by atoms with E-state index in [4.69, 9.17) is 5.73 Å². The SMILES string of the molecule is CC1Cn2c(=O)[nH]c3cc(N)cc(c32)CN1CC1CC1. The van der Waals surface area contributed by atoms with Gasteiger partial charge in [0, 0.05) is 31.4 Å². The van der Waals surface area contributed by atoms with Crippen molar-refractivity contribution in [1.29, 1.82) is 0 Å². The molecule has 1 unspecified atom stereocenters. The molecule has 2 aliphatic rings. The second-order valence-electron chi connectivity index (χ2n) is 6.34. The second kappa shape index (κ2) is 4.12. The predicted octanol–water partition coefficient (Wildman–Crippen LogP) is 1.53. The first-order valence-corrected chi connectivity index (χ1v) is 7.37. The first-order chi connectivity index (χ1) is 9.61. The summed E-state index contributed by atoms with van der Waals surface area (Å²) < 4.78 is 1.88. The third kappa shape index (κ3) is 1.85. The largest absolute Gasteiger partial charge is 0.399 e. The zero-order valence-corrected chi connectivity index (χ0v) is 11.7. The fraction of sp³-hybridized carbons (Fsp3) is 0.533. The van der Waals surface area contributed by atoms with Crippen LogP contribution >= 0.6 is 0 Å². The summed E-state index contributed by atoms with van der Waals surface area (Å²) in [5.41, 5.74) is 9.75. The third-order valence-corrected chi connectivity index (χ3v) is 4.60. The van der Waals surface area contributed by atoms with Gasteiger partial charge in [-0.2, -0.15) is 0 Å². The number of nitrogens with two attached hydrogens (primary N) is 1. The minimum atomic E-state index is -0.0213. The summed E-state index contributed by atoms with van der Waals surface area (Å²) >= 11 is 0. The lowest BCUT2D eigenvalue weighted by atomic mass is 10.1. The molecule has 0 bridgehead atoms. The lowest BCUT2D eigenvalue weighted by molar-refractivity contribution is 0.181. The highest BCUT2D eigenvalue weighted by Crippen LogP contribution is 2.33. The summed E-state index contributed by atoms with van der Waals surface area (Å²) in [5, 5.41) is 0. The van der Waals surface area contributed by atoms with Crippen molar-refractivity contribution in [2.24, 2.45) is 5.92 Å². The van der Waals surface area contributed by atoms with Crippen LogP contribution in [0.5, 0.6) is 0 Å². The number of anilines is 1. The van der Waals surface area contributed by atoms with E-state index < -0.39 is 0 Å². The molecule has 1 aliphatic heterocycles. The Kier molecular flexibility index (Phi) is 2.48. The quantitative estimate of drug-likeness (QED) is 0.815. The van der Waals surface area contributed by atoms with Crippen molar-refractivity contribution in [2.75, 3.05) is 12.3 Å². The highest BCUT2D eigenvalue weighted by atomic mass is 16.1. The summed E-state index contributed by atoms with van der Waals surface area (Å²) in [7, 11) is 0. The number of imidazole rings is 1. The van der Waals surface area contributed by atoms with E-state index in [-0.39, 0.29) is 5.69 Å². The molecule has 4 rings (SSSR count). The number of benzene rings is 1. The zero-order valence-electron chi connectivity index (χ0n) is 11.7. The number of nitrogens with zero attached hydrogens (tertiary/aromatic N) is 2. The van der Waals surface area contributed by atoms with Crippen LogP contribution in [-0.2, 0) is 13.1 Å². The first kappa shape index (κ1) is 12.0. The topological polar surface area (TPSA) is 67.0 Å². The predicted molar refractivity (Wildman–Crippen MR) is 79.6 cm³/mol. The smallest absolute Gasteiger partial charge is 0.326 e. The molecule has 5 nitrogen and oxygen atoms in total. The van der Waals surface area contributed by atoms with Crippen LogP contribution in [0.4, 0.5) is 5.69 Å². The van der Waals surface area contributed by atoms with E-state index in [9.17, 15) is 4.79 Å². The van der Waals surface area contributed by atoms with Crippen molar-refractivity contribution >= 4 is 16.7 Å². The van der Waals surface area contributed by atoms with Crippen molar-refractivity contribution in [2.45, 2.75) is 38.9 Å². The average Bonchev–Trinajstić information content (AvgIpc) is 3.15. The van der Waals surface area contributed by atoms with Crippen molar-refractivity contribution in [3.63, 3.8) is 0 Å². The molecule has 0 amide bonds. The highest BCUT2D eigenvalue weighted by molar-refractivity contribution is 5.83. The molecule has 0 spiro atoms. The van der Waals surface area contributed by atoms with Crippen molar-refractivity contribution in [3.05, 3.63) is 28.2 Å². The van der Waals surface area contributed by atoms with Crippen LogP contribution in [0.2, 0.25) is 0 Å². The maximum Gasteiger partial charge on any atom is 0.326 e. The Morgan fingerprint density at radius 1 is 1.40 bits per heavy atom. The molecule has 1 atom stereocenters. The normalized spacial score (nSPS) is 23.1. The van der Waals surface area contributed by atoms with Crippen LogP contribution in [0.15, 0.2) is 16.9 Å². The number of rotatable bonds is 2. The van der Waals surface area contributed by atoms with Gasteiger partial charge in [-0.1, -0.05) is 0 Å². The van der Waals surface area contributed by atoms with Crippen LogP contribution in [0.3, 0.4) is 0 Å². The Morgan fingerprint density at radius 3 is 2.95 bits per heavy atom. The van der Waals surface area contributed by atoms with E-state index in [1.165, 1.54) is 18.4 Å². The van der Waals surface area contributed by atoms with E-state index in [1.54, 1.807) is 0 Å². The van der Waals surface area contributed by atoms with Gasteiger partial charge in [0.1, 0.15) is 0 Å². The van der Waals surface area contributed by atoms with Gasteiger partial charge in [0.2, 0.25) is 0 Å². The van der Waals surface area contributed by atoms with Crippen LogP contribution < -0.4 is 11.4 Å². The minimum Gasteiger partial charge on any atom is -0.399 e. The van der Waals surface area contributed by atoms with Crippen LogP contribution in [0.1, 0.15) is 25.3 Å². The van der Waals surface area contributed by atoms with Crippen LogP contribution in [-0.4, -0.2) is 27.0 Å². The van der Waals surface area contributed by atoms with E-state index in [0.29, 0.717) is 6.04 Å². The number of hydrogen-bond acceptors (Lipinski definition) is 3. The molecule has 5 heteroatoms. The Hall–Kier alpha value is -1.75. The lowest BCUT2D eigenvalue weighted by Gasteiger charge is -2.27. The molecule has 0 radical (unpaired) electrons. The van der Waals surface area contributed by atoms with Crippen molar-refractivity contribution in [3.8, 4) is 0 Å². The number of aromatic nitrogens is 2. The molecule has 1 saturated carbocycles. The van der Waals surface area contributed by atoms with Crippen LogP contribution in [0.25, 0.3) is 11.0 Å². The summed E-state index contributed by atoms with van der Waals surface area (Å²) in [6.45, 7) is 4.99. The maximum atomic E-state index is 12.2. The molecule has 1 aromatic carbocycles. The first-order valence-electron chi connectivity index (χ1n) is 7.37. The monoisotopic (exact) mass is 272 g/mol. The Labute approximate surface area is 117 Å². The molecule has 1 aromatic heterocycles. The van der Waals surface area contributed by atoms with E-state index in [1.807, 2.05) is 16.7 Å². The van der Waals surface area contributed by atoms with Gasteiger partial charge < -0.3 is 10.7 Å². The molecule has 2 heterocycles. The van der Waals surface area contributed by atoms with Gasteiger partial charge in [0.15, 0.2) is 0 Å². The Balaban J connectivity index is 1.85. The average molecular weight is 272 g/mol. The summed E-state index contributed by atoms with van der Waals surface area (Å²) in [4.78, 5) is 17.6. The molecule has 3 N–H and O–H groups in total. The van der Waals surface area contributed by atoms with Crippen molar-refractivity contribution < 1.29 is 0 Å². The van der Waals surface area contributed by atoms with Gasteiger partial charge in [-0.25, -0.2) is 4.79 Å². The van der Waals surface area contributed by atoms with Gasteiger partial charge in [0.25, 0.3) is 0 Å². The molecule has 1 fully saturated rings.